The van der Waals surface area contributed by atoms with E-state index in [4.69, 9.17) is 4.74 Å². The molecule has 1 amide bonds. The standard InChI is InChI=1S/C22H23FN2O4/c1-2-29-17-8-9-20-15(13-17)12-16(21(27)24-20)14-25(10-5-11-26)22(28)18-6-3-4-7-19(18)23/h3-4,6-9,12-13,26H,2,5,10-11,14H2,1H3,(H,24,27). The topological polar surface area (TPSA) is 82.6 Å². The number of hydrogen-bond donors (Lipinski definition) is 2. The van der Waals surface area contributed by atoms with Crippen molar-refractivity contribution in [2.45, 2.75) is 19.9 Å². The molecular formula is C22H23FN2O4. The summed E-state index contributed by atoms with van der Waals surface area (Å²) < 4.78 is 19.6. The zero-order valence-corrected chi connectivity index (χ0v) is 16.2. The van der Waals surface area contributed by atoms with Gasteiger partial charge in [0.1, 0.15) is 11.6 Å². The second-order valence-corrected chi connectivity index (χ2v) is 6.59. The average Bonchev–Trinajstić information content (AvgIpc) is 2.71. The minimum Gasteiger partial charge on any atom is -0.494 e. The Hall–Kier alpha value is -3.19. The number of benzene rings is 2. The summed E-state index contributed by atoms with van der Waals surface area (Å²) in [5.74, 6) is -0.475. The molecule has 0 fully saturated rings. The second kappa shape index (κ2) is 9.34. The van der Waals surface area contributed by atoms with E-state index in [2.05, 4.69) is 4.98 Å². The molecule has 3 rings (SSSR count). The highest BCUT2D eigenvalue weighted by molar-refractivity contribution is 5.94. The Bertz CT molecular complexity index is 1060. The Morgan fingerprint density at radius 1 is 1.21 bits per heavy atom. The third-order valence-corrected chi connectivity index (χ3v) is 4.54. The van der Waals surface area contributed by atoms with E-state index in [1.54, 1.807) is 24.3 Å². The van der Waals surface area contributed by atoms with Gasteiger partial charge >= 0.3 is 0 Å². The van der Waals surface area contributed by atoms with Gasteiger partial charge in [0, 0.05) is 29.6 Å². The van der Waals surface area contributed by atoms with Crippen LogP contribution in [0, 0.1) is 5.82 Å². The van der Waals surface area contributed by atoms with E-state index in [0.29, 0.717) is 29.9 Å². The lowest BCUT2D eigenvalue weighted by Crippen LogP contribution is -2.34. The molecule has 29 heavy (non-hydrogen) atoms. The number of aromatic nitrogens is 1. The van der Waals surface area contributed by atoms with Crippen molar-refractivity contribution in [3.63, 3.8) is 0 Å². The molecule has 0 unspecified atom stereocenters. The number of rotatable bonds is 8. The van der Waals surface area contributed by atoms with Crippen LogP contribution < -0.4 is 10.3 Å². The summed E-state index contributed by atoms with van der Waals surface area (Å²) in [4.78, 5) is 29.6. The maximum absolute atomic E-state index is 14.1. The second-order valence-electron chi connectivity index (χ2n) is 6.59. The number of amides is 1. The van der Waals surface area contributed by atoms with Gasteiger partial charge in [-0.05, 0) is 49.7 Å². The predicted octanol–water partition coefficient (Wildman–Crippen LogP) is 3.09. The Morgan fingerprint density at radius 2 is 2.00 bits per heavy atom. The van der Waals surface area contributed by atoms with Crippen LogP contribution in [-0.4, -0.2) is 40.7 Å². The van der Waals surface area contributed by atoms with Crippen LogP contribution in [0.3, 0.4) is 0 Å². The molecule has 0 aliphatic heterocycles. The van der Waals surface area contributed by atoms with E-state index in [9.17, 15) is 19.1 Å². The third-order valence-electron chi connectivity index (χ3n) is 4.54. The number of nitrogens with zero attached hydrogens (tertiary/aromatic N) is 1. The summed E-state index contributed by atoms with van der Waals surface area (Å²) >= 11 is 0. The van der Waals surface area contributed by atoms with Crippen LogP contribution in [0.4, 0.5) is 4.39 Å². The number of aliphatic hydroxyl groups excluding tert-OH is 1. The fourth-order valence-corrected chi connectivity index (χ4v) is 3.13. The molecule has 0 spiro atoms. The average molecular weight is 398 g/mol. The summed E-state index contributed by atoms with van der Waals surface area (Å²) in [6.45, 7) is 2.48. The van der Waals surface area contributed by atoms with Crippen molar-refractivity contribution in [2.75, 3.05) is 19.8 Å². The Kier molecular flexibility index (Phi) is 6.61. The van der Waals surface area contributed by atoms with Gasteiger partial charge in [-0.15, -0.1) is 0 Å². The van der Waals surface area contributed by atoms with Crippen LogP contribution >= 0.6 is 0 Å². The number of pyridine rings is 1. The molecule has 0 radical (unpaired) electrons. The van der Waals surface area contributed by atoms with Gasteiger partial charge < -0.3 is 19.7 Å². The van der Waals surface area contributed by atoms with Crippen LogP contribution in [0.2, 0.25) is 0 Å². The van der Waals surface area contributed by atoms with Crippen LogP contribution in [0.1, 0.15) is 29.3 Å². The van der Waals surface area contributed by atoms with E-state index in [1.807, 2.05) is 13.0 Å². The van der Waals surface area contributed by atoms with E-state index in [-0.39, 0.29) is 30.8 Å². The van der Waals surface area contributed by atoms with Gasteiger partial charge in [0.2, 0.25) is 0 Å². The Labute approximate surface area is 167 Å². The molecule has 152 valence electrons. The van der Waals surface area contributed by atoms with Crippen LogP contribution in [0.15, 0.2) is 53.3 Å². The smallest absolute Gasteiger partial charge is 0.257 e. The number of nitrogens with one attached hydrogen (secondary N) is 1. The molecular weight excluding hydrogens is 375 g/mol. The first-order valence-electron chi connectivity index (χ1n) is 9.47. The van der Waals surface area contributed by atoms with E-state index >= 15 is 0 Å². The fraction of sp³-hybridized carbons (Fsp3) is 0.273. The molecule has 0 saturated carbocycles. The fourth-order valence-electron chi connectivity index (χ4n) is 3.13. The normalized spacial score (nSPS) is 10.9. The van der Waals surface area contributed by atoms with Gasteiger partial charge in [0.05, 0.1) is 18.7 Å². The molecule has 3 aromatic rings. The highest BCUT2D eigenvalue weighted by Crippen LogP contribution is 2.20. The predicted molar refractivity (Wildman–Crippen MR) is 109 cm³/mol. The molecule has 0 bridgehead atoms. The van der Waals surface area contributed by atoms with Gasteiger partial charge in [0.15, 0.2) is 0 Å². The number of hydrogen-bond acceptors (Lipinski definition) is 4. The molecule has 0 saturated heterocycles. The maximum atomic E-state index is 14.1. The van der Waals surface area contributed by atoms with Gasteiger partial charge in [-0.25, -0.2) is 4.39 Å². The lowest BCUT2D eigenvalue weighted by molar-refractivity contribution is 0.0726. The van der Waals surface area contributed by atoms with Crippen molar-refractivity contribution in [2.24, 2.45) is 0 Å². The lowest BCUT2D eigenvalue weighted by Gasteiger charge is -2.22. The molecule has 1 heterocycles. The van der Waals surface area contributed by atoms with Crippen molar-refractivity contribution in [3.8, 4) is 5.75 Å². The third kappa shape index (κ3) is 4.81. The summed E-state index contributed by atoms with van der Waals surface area (Å²) in [5, 5.41) is 9.94. The van der Waals surface area contributed by atoms with Gasteiger partial charge in [0.25, 0.3) is 11.5 Å². The SMILES string of the molecule is CCOc1ccc2[nH]c(=O)c(CN(CCCO)C(=O)c3ccccc3F)cc2c1. The summed E-state index contributed by atoms with van der Waals surface area (Å²) in [6, 6.07) is 12.8. The number of aromatic amines is 1. The lowest BCUT2D eigenvalue weighted by atomic mass is 10.1. The minimum atomic E-state index is -0.625. The van der Waals surface area contributed by atoms with Crippen molar-refractivity contribution < 1.29 is 19.0 Å². The number of H-pyrrole nitrogens is 1. The number of carbonyl (C=O) groups is 1. The zero-order valence-electron chi connectivity index (χ0n) is 16.2. The highest BCUT2D eigenvalue weighted by Gasteiger charge is 2.20. The highest BCUT2D eigenvalue weighted by atomic mass is 19.1. The molecule has 0 aliphatic carbocycles. The van der Waals surface area contributed by atoms with E-state index < -0.39 is 11.7 Å². The number of ether oxygens (including phenoxy) is 1. The number of halogens is 1. The Morgan fingerprint density at radius 3 is 2.72 bits per heavy atom. The van der Waals surface area contributed by atoms with E-state index in [0.717, 1.165) is 5.39 Å². The van der Waals surface area contributed by atoms with E-state index in [1.165, 1.54) is 23.1 Å². The minimum absolute atomic E-state index is 0.00268. The molecule has 2 aromatic carbocycles. The number of carbonyl (C=O) groups excluding carboxylic acids is 1. The monoisotopic (exact) mass is 398 g/mol. The first kappa shape index (κ1) is 20.5. The molecule has 1 aromatic heterocycles. The Balaban J connectivity index is 1.95. The van der Waals surface area contributed by atoms with Gasteiger partial charge in [-0.1, -0.05) is 12.1 Å². The number of fused-ring (bicyclic) bond motifs is 1. The van der Waals surface area contributed by atoms with Gasteiger partial charge in [-0.2, -0.15) is 0 Å². The maximum Gasteiger partial charge on any atom is 0.257 e. The quantitative estimate of drug-likeness (QED) is 0.611. The zero-order chi connectivity index (χ0) is 20.8. The summed E-state index contributed by atoms with van der Waals surface area (Å²) in [5.41, 5.74) is 0.636. The van der Waals surface area contributed by atoms with Crippen molar-refractivity contribution in [1.29, 1.82) is 0 Å². The van der Waals surface area contributed by atoms with Crippen LogP contribution in [-0.2, 0) is 6.54 Å². The largest absolute Gasteiger partial charge is 0.494 e. The molecule has 0 atom stereocenters. The molecule has 0 aliphatic rings. The van der Waals surface area contributed by atoms with Crippen LogP contribution in [0.25, 0.3) is 10.9 Å². The van der Waals surface area contributed by atoms with Crippen molar-refractivity contribution in [3.05, 3.63) is 75.8 Å². The summed E-state index contributed by atoms with van der Waals surface area (Å²) in [6.07, 6.45) is 0.320. The molecule has 2 N–H and O–H groups in total. The first-order chi connectivity index (χ1) is 14.0. The van der Waals surface area contributed by atoms with Crippen molar-refractivity contribution >= 4 is 16.8 Å². The van der Waals surface area contributed by atoms with Gasteiger partial charge in [-0.3, -0.25) is 9.59 Å². The van der Waals surface area contributed by atoms with Crippen LogP contribution in [0.5, 0.6) is 5.75 Å². The first-order valence-corrected chi connectivity index (χ1v) is 9.47. The molecule has 7 heteroatoms. The van der Waals surface area contributed by atoms with Crippen molar-refractivity contribution in [1.82, 2.24) is 9.88 Å². The number of aliphatic hydroxyl groups is 1. The summed E-state index contributed by atoms with van der Waals surface area (Å²) in [7, 11) is 0. The molecule has 6 nitrogen and oxygen atoms in total.